The minimum Gasteiger partial charge on any atom is -0.463 e. The normalized spacial score (nSPS) is 32.1. The van der Waals surface area contributed by atoms with Gasteiger partial charge in [-0.15, -0.1) is 0 Å². The molecule has 0 amide bonds. The second-order valence-corrected chi connectivity index (χ2v) is 8.03. The second-order valence-electron chi connectivity index (χ2n) is 8.03. The molecule has 0 aromatic heterocycles. The highest BCUT2D eigenvalue weighted by Gasteiger charge is 2.35. The molecule has 2 rings (SSSR count). The molecule has 0 aromatic rings. The van der Waals surface area contributed by atoms with Gasteiger partial charge >= 0.3 is 5.97 Å². The predicted octanol–water partition coefficient (Wildman–Crippen LogP) is 3.17. The van der Waals surface area contributed by atoms with E-state index in [1.807, 2.05) is 27.7 Å². The molecule has 0 aliphatic carbocycles. The molecular weight excluding hydrogens is 352 g/mol. The molecule has 2 aliphatic heterocycles. The van der Waals surface area contributed by atoms with Gasteiger partial charge in [-0.2, -0.15) is 0 Å². The van der Waals surface area contributed by atoms with Crippen molar-refractivity contribution in [3.8, 4) is 0 Å². The van der Waals surface area contributed by atoms with Gasteiger partial charge in [-0.05, 0) is 40.5 Å². The molecule has 0 spiro atoms. The molecule has 2 fully saturated rings. The molecule has 7 heteroatoms. The van der Waals surface area contributed by atoms with Gasteiger partial charge in [-0.3, -0.25) is 4.79 Å². The first-order valence-corrected chi connectivity index (χ1v) is 9.95. The number of carbonyl (C=O) groups is 1. The zero-order valence-electron chi connectivity index (χ0n) is 17.9. The average Bonchev–Trinajstić information content (AvgIpc) is 2.57. The van der Waals surface area contributed by atoms with Crippen LogP contribution in [0, 0.1) is 0 Å². The minimum absolute atomic E-state index is 0.0531. The Morgan fingerprint density at radius 1 is 0.889 bits per heavy atom. The molecule has 2 saturated heterocycles. The van der Waals surface area contributed by atoms with Gasteiger partial charge in [0, 0.05) is 19.8 Å². The number of esters is 1. The number of aliphatic hydroxyl groups excluding tert-OH is 1. The lowest BCUT2D eigenvalue weighted by molar-refractivity contribution is -0.304. The second kappa shape index (κ2) is 10.7. The molecule has 1 N–H and O–H groups in total. The van der Waals surface area contributed by atoms with Crippen LogP contribution in [-0.2, 0) is 28.5 Å². The van der Waals surface area contributed by atoms with Gasteiger partial charge in [-0.25, -0.2) is 0 Å². The summed E-state index contributed by atoms with van der Waals surface area (Å²) in [4.78, 5) is 10.7. The molecule has 7 nitrogen and oxygen atoms in total. The molecule has 0 radical (unpaired) electrons. The van der Waals surface area contributed by atoms with Crippen molar-refractivity contribution in [2.24, 2.45) is 0 Å². The molecule has 0 saturated carbocycles. The summed E-state index contributed by atoms with van der Waals surface area (Å²) in [6, 6.07) is 0. The van der Waals surface area contributed by atoms with Crippen LogP contribution in [0.5, 0.6) is 0 Å². The molecule has 160 valence electrons. The number of aliphatic hydroxyl groups is 1. The van der Waals surface area contributed by atoms with Crippen LogP contribution in [0.1, 0.15) is 74.1 Å². The summed E-state index contributed by atoms with van der Waals surface area (Å²) in [5, 5.41) is 8.96. The molecule has 0 unspecified atom stereocenters. The average molecular weight is 391 g/mol. The van der Waals surface area contributed by atoms with Crippen LogP contribution in [0.2, 0.25) is 0 Å². The van der Waals surface area contributed by atoms with Crippen LogP contribution < -0.4 is 0 Å². The third kappa shape index (κ3) is 9.34. The Morgan fingerprint density at radius 3 is 1.70 bits per heavy atom. The first-order chi connectivity index (χ1) is 12.5. The topological polar surface area (TPSA) is 83.5 Å². The number of ether oxygens (including phenoxy) is 5. The van der Waals surface area contributed by atoms with E-state index < -0.39 is 11.6 Å². The highest BCUT2D eigenvalue weighted by molar-refractivity contribution is 5.65. The summed E-state index contributed by atoms with van der Waals surface area (Å²) in [7, 11) is 0. The highest BCUT2D eigenvalue weighted by Crippen LogP contribution is 2.28. The maximum Gasteiger partial charge on any atom is 0.302 e. The molecule has 0 aromatic carbocycles. The summed E-state index contributed by atoms with van der Waals surface area (Å²) >= 11 is 0. The van der Waals surface area contributed by atoms with Crippen LogP contribution in [-0.4, -0.2) is 60.3 Å². The third-order valence-electron chi connectivity index (χ3n) is 4.44. The molecule has 27 heavy (non-hydrogen) atoms. The van der Waals surface area contributed by atoms with Crippen molar-refractivity contribution in [2.45, 2.75) is 110 Å². The standard InChI is InChI=1S/C11H20O4.C9H18O3/c1-5-9-6-10(7-13-8(2)12)15-11(3,4)14-9;1-4-7-5-8(6-10)12-9(2,3)11-7/h9-10H,5-7H2,1-4H3;7-8,10H,4-6H2,1-3H3/t9-,10-;7-,8-/m00/s1. The number of hydrogen-bond donors (Lipinski definition) is 1. The van der Waals surface area contributed by atoms with E-state index in [0.29, 0.717) is 6.61 Å². The number of carbonyl (C=O) groups excluding carboxylic acids is 1. The minimum atomic E-state index is -0.580. The zero-order valence-corrected chi connectivity index (χ0v) is 17.9. The quantitative estimate of drug-likeness (QED) is 0.722. The van der Waals surface area contributed by atoms with Crippen molar-refractivity contribution < 1.29 is 33.6 Å². The number of rotatable bonds is 5. The van der Waals surface area contributed by atoms with Crippen molar-refractivity contribution in [2.75, 3.05) is 13.2 Å². The van der Waals surface area contributed by atoms with E-state index in [2.05, 4.69) is 13.8 Å². The molecule has 4 atom stereocenters. The zero-order chi connectivity index (χ0) is 20.7. The van der Waals surface area contributed by atoms with E-state index in [0.717, 1.165) is 25.7 Å². The van der Waals surface area contributed by atoms with E-state index >= 15 is 0 Å². The first kappa shape index (κ1) is 24.3. The molecule has 2 aliphatic rings. The monoisotopic (exact) mass is 390 g/mol. The van der Waals surface area contributed by atoms with E-state index in [4.69, 9.17) is 28.8 Å². The summed E-state index contributed by atoms with van der Waals surface area (Å²) in [6.45, 7) is 13.5. The molecular formula is C20H38O7. The lowest BCUT2D eigenvalue weighted by atomic mass is 10.1. The largest absolute Gasteiger partial charge is 0.463 e. The van der Waals surface area contributed by atoms with Crippen molar-refractivity contribution in [1.82, 2.24) is 0 Å². The highest BCUT2D eigenvalue weighted by atomic mass is 16.7. The van der Waals surface area contributed by atoms with Crippen molar-refractivity contribution in [3.05, 3.63) is 0 Å². The van der Waals surface area contributed by atoms with Gasteiger partial charge in [-0.1, -0.05) is 13.8 Å². The van der Waals surface area contributed by atoms with Crippen LogP contribution in [0.25, 0.3) is 0 Å². The maximum absolute atomic E-state index is 10.7. The SMILES string of the molecule is CC[C@H]1C[C@@H](CO)OC(C)(C)O1.CC[C@H]1C[C@@H](COC(C)=O)OC(C)(C)O1. The van der Waals surface area contributed by atoms with E-state index in [9.17, 15) is 4.79 Å². The van der Waals surface area contributed by atoms with Crippen molar-refractivity contribution in [3.63, 3.8) is 0 Å². The van der Waals surface area contributed by atoms with E-state index in [-0.39, 0.29) is 37.0 Å². The Labute approximate surface area is 163 Å². The van der Waals surface area contributed by atoms with E-state index in [1.54, 1.807) is 0 Å². The summed E-state index contributed by atoms with van der Waals surface area (Å²) in [5.41, 5.74) is 0. The van der Waals surface area contributed by atoms with Gasteiger partial charge in [0.1, 0.15) is 6.61 Å². The fraction of sp³-hybridized carbons (Fsp3) is 0.950. The Balaban J connectivity index is 0.000000277. The lowest BCUT2D eigenvalue weighted by Crippen LogP contribution is -2.46. The van der Waals surface area contributed by atoms with Crippen molar-refractivity contribution in [1.29, 1.82) is 0 Å². The van der Waals surface area contributed by atoms with Crippen LogP contribution in [0.15, 0.2) is 0 Å². The summed E-state index contributed by atoms with van der Waals surface area (Å²) in [6.07, 6.45) is 3.82. The fourth-order valence-corrected chi connectivity index (χ4v) is 3.36. The van der Waals surface area contributed by atoms with Gasteiger partial charge in [0.25, 0.3) is 0 Å². The Kier molecular flexibility index (Phi) is 9.65. The maximum atomic E-state index is 10.7. The summed E-state index contributed by atoms with van der Waals surface area (Å²) < 4.78 is 27.4. The molecule has 2 heterocycles. The van der Waals surface area contributed by atoms with Gasteiger partial charge in [0.15, 0.2) is 11.6 Å². The first-order valence-electron chi connectivity index (χ1n) is 9.95. The number of hydrogen-bond acceptors (Lipinski definition) is 7. The van der Waals surface area contributed by atoms with Gasteiger partial charge < -0.3 is 28.8 Å². The van der Waals surface area contributed by atoms with Gasteiger partial charge in [0.05, 0.1) is 31.0 Å². The molecule has 0 bridgehead atoms. The summed E-state index contributed by atoms with van der Waals surface area (Å²) in [5.74, 6) is -1.38. The fourth-order valence-electron chi connectivity index (χ4n) is 3.36. The predicted molar refractivity (Wildman–Crippen MR) is 101 cm³/mol. The van der Waals surface area contributed by atoms with Crippen LogP contribution in [0.3, 0.4) is 0 Å². The van der Waals surface area contributed by atoms with E-state index in [1.165, 1.54) is 6.92 Å². The Morgan fingerprint density at radius 2 is 1.30 bits per heavy atom. The van der Waals surface area contributed by atoms with Crippen molar-refractivity contribution >= 4 is 5.97 Å². The Hall–Kier alpha value is -0.730. The van der Waals surface area contributed by atoms with Gasteiger partial charge in [0.2, 0.25) is 0 Å². The third-order valence-corrected chi connectivity index (χ3v) is 4.44. The van der Waals surface area contributed by atoms with Crippen LogP contribution >= 0.6 is 0 Å². The Bertz CT molecular complexity index is 436. The van der Waals surface area contributed by atoms with Crippen LogP contribution in [0.4, 0.5) is 0 Å². The smallest absolute Gasteiger partial charge is 0.302 e. The lowest BCUT2D eigenvalue weighted by Gasteiger charge is -2.40.